The summed E-state index contributed by atoms with van der Waals surface area (Å²) in [5.41, 5.74) is 0. The average Bonchev–Trinajstić information content (AvgIpc) is 2.14. The molecule has 86 valence electrons. The maximum absolute atomic E-state index is 11.2. The van der Waals surface area contributed by atoms with Gasteiger partial charge in [-0.25, -0.2) is 0 Å². The fourth-order valence-electron chi connectivity index (χ4n) is 1.16. The first-order valence-electron chi connectivity index (χ1n) is 5.31. The number of aliphatic hydroxyl groups is 1. The van der Waals surface area contributed by atoms with E-state index in [-0.39, 0.29) is 5.91 Å². The molecule has 0 heterocycles. The Balaban J connectivity index is 3.70. The highest BCUT2D eigenvalue weighted by Gasteiger charge is 2.07. The smallest absolute Gasteiger partial charge is 0.244 e. The van der Waals surface area contributed by atoms with Crippen LogP contribution in [0, 0.1) is 5.92 Å². The summed E-state index contributed by atoms with van der Waals surface area (Å²) in [6.07, 6.45) is 7.00. The van der Waals surface area contributed by atoms with Crippen molar-refractivity contribution in [3.8, 4) is 0 Å². The van der Waals surface area contributed by atoms with Crippen LogP contribution in [0.3, 0.4) is 0 Å². The molecule has 0 radical (unpaired) electrons. The average molecular weight is 211 g/mol. The van der Waals surface area contributed by atoms with Crippen LogP contribution < -0.4 is 5.32 Å². The van der Waals surface area contributed by atoms with Crippen molar-refractivity contribution >= 4 is 5.91 Å². The van der Waals surface area contributed by atoms with Crippen LogP contribution in [0.25, 0.3) is 0 Å². The van der Waals surface area contributed by atoms with Crippen molar-refractivity contribution in [3.63, 3.8) is 0 Å². The number of nitrogens with one attached hydrogen (secondary N) is 1. The molecule has 3 nitrogen and oxygen atoms in total. The van der Waals surface area contributed by atoms with Gasteiger partial charge in [0.25, 0.3) is 0 Å². The monoisotopic (exact) mass is 211 g/mol. The Morgan fingerprint density at radius 1 is 1.40 bits per heavy atom. The highest BCUT2D eigenvalue weighted by atomic mass is 16.3. The molecule has 1 unspecified atom stereocenters. The molecular formula is C12H21NO2. The second-order valence-corrected chi connectivity index (χ2v) is 3.91. The molecular weight excluding hydrogens is 190 g/mol. The quantitative estimate of drug-likeness (QED) is 0.518. The molecule has 0 spiro atoms. The van der Waals surface area contributed by atoms with E-state index in [0.29, 0.717) is 18.9 Å². The summed E-state index contributed by atoms with van der Waals surface area (Å²) in [5, 5.41) is 12.1. The van der Waals surface area contributed by atoms with E-state index < -0.39 is 6.10 Å². The van der Waals surface area contributed by atoms with Crippen LogP contribution in [0.5, 0.6) is 0 Å². The van der Waals surface area contributed by atoms with Crippen molar-refractivity contribution in [2.24, 2.45) is 5.92 Å². The molecule has 0 aliphatic carbocycles. The highest BCUT2D eigenvalue weighted by molar-refractivity contribution is 5.87. The van der Waals surface area contributed by atoms with Crippen LogP contribution in [0.2, 0.25) is 0 Å². The van der Waals surface area contributed by atoms with Gasteiger partial charge in [0.1, 0.15) is 0 Å². The summed E-state index contributed by atoms with van der Waals surface area (Å²) >= 11 is 0. The molecule has 0 aromatic heterocycles. The van der Waals surface area contributed by atoms with Crippen LogP contribution >= 0.6 is 0 Å². The van der Waals surface area contributed by atoms with E-state index >= 15 is 0 Å². The first-order valence-corrected chi connectivity index (χ1v) is 5.31. The maximum Gasteiger partial charge on any atom is 0.244 e. The minimum Gasteiger partial charge on any atom is -0.391 e. The Kier molecular flexibility index (Phi) is 7.64. The third-order valence-electron chi connectivity index (χ3n) is 1.81. The second kappa shape index (κ2) is 8.24. The molecule has 15 heavy (non-hydrogen) atoms. The lowest BCUT2D eigenvalue weighted by Crippen LogP contribution is -2.31. The van der Waals surface area contributed by atoms with Gasteiger partial charge in [-0.05, 0) is 19.3 Å². The molecule has 0 bridgehead atoms. The predicted octanol–water partition coefficient (Wildman–Crippen LogP) is 1.64. The minimum atomic E-state index is -0.455. The van der Waals surface area contributed by atoms with Gasteiger partial charge in [-0.15, -0.1) is 0 Å². The topological polar surface area (TPSA) is 49.3 Å². The minimum absolute atomic E-state index is 0.170. The van der Waals surface area contributed by atoms with Gasteiger partial charge in [-0.1, -0.05) is 32.1 Å². The molecule has 1 amide bonds. The van der Waals surface area contributed by atoms with Crippen LogP contribution in [0.4, 0.5) is 0 Å². The van der Waals surface area contributed by atoms with Gasteiger partial charge in [0.2, 0.25) is 5.91 Å². The Morgan fingerprint density at radius 2 is 2.07 bits per heavy atom. The Hall–Kier alpha value is -1.09. The fraction of sp³-hybridized carbons (Fsp3) is 0.583. The molecule has 0 aliphatic rings. The third-order valence-corrected chi connectivity index (χ3v) is 1.81. The van der Waals surface area contributed by atoms with Crippen LogP contribution in [-0.4, -0.2) is 23.7 Å². The molecule has 0 aliphatic heterocycles. The fourth-order valence-corrected chi connectivity index (χ4v) is 1.16. The maximum atomic E-state index is 11.2. The first-order chi connectivity index (χ1) is 7.06. The largest absolute Gasteiger partial charge is 0.391 e. The summed E-state index contributed by atoms with van der Waals surface area (Å²) in [4.78, 5) is 11.2. The normalized spacial score (nSPS) is 13.9. The van der Waals surface area contributed by atoms with E-state index in [2.05, 4.69) is 5.32 Å². The lowest BCUT2D eigenvalue weighted by atomic mass is 10.1. The Morgan fingerprint density at radius 3 is 2.60 bits per heavy atom. The number of carbonyl (C=O) groups is 1. The van der Waals surface area contributed by atoms with Gasteiger partial charge in [0.05, 0.1) is 6.10 Å². The van der Waals surface area contributed by atoms with Gasteiger partial charge >= 0.3 is 0 Å². The van der Waals surface area contributed by atoms with E-state index in [1.54, 1.807) is 12.2 Å². The summed E-state index contributed by atoms with van der Waals surface area (Å²) in [5.74, 6) is 0.270. The third kappa shape index (κ3) is 9.22. The SMILES string of the molecule is CC=CC=CC(=O)NCC(O)CC(C)C. The standard InChI is InChI=1S/C12H21NO2/c1-4-5-6-7-12(15)13-9-11(14)8-10(2)3/h4-7,10-11,14H,8-9H2,1-3H3,(H,13,15). The summed E-state index contributed by atoms with van der Waals surface area (Å²) in [6.45, 7) is 6.28. The van der Waals surface area contributed by atoms with E-state index in [9.17, 15) is 9.90 Å². The van der Waals surface area contributed by atoms with Gasteiger partial charge in [0.15, 0.2) is 0 Å². The summed E-state index contributed by atoms with van der Waals surface area (Å²) < 4.78 is 0. The van der Waals surface area contributed by atoms with Crippen LogP contribution in [-0.2, 0) is 4.79 Å². The summed E-state index contributed by atoms with van der Waals surface area (Å²) in [6, 6.07) is 0. The van der Waals surface area contributed by atoms with Gasteiger partial charge < -0.3 is 10.4 Å². The zero-order chi connectivity index (χ0) is 11.7. The lowest BCUT2D eigenvalue weighted by Gasteiger charge is -2.12. The molecule has 0 aromatic carbocycles. The van der Waals surface area contributed by atoms with Crippen molar-refractivity contribution in [3.05, 3.63) is 24.3 Å². The van der Waals surface area contributed by atoms with Gasteiger partial charge in [-0.2, -0.15) is 0 Å². The van der Waals surface area contributed by atoms with Crippen molar-refractivity contribution in [1.29, 1.82) is 0 Å². The van der Waals surface area contributed by atoms with Crippen LogP contribution in [0.1, 0.15) is 27.2 Å². The van der Waals surface area contributed by atoms with Crippen molar-refractivity contribution in [1.82, 2.24) is 5.32 Å². The summed E-state index contributed by atoms with van der Waals surface area (Å²) in [7, 11) is 0. The van der Waals surface area contributed by atoms with Crippen molar-refractivity contribution in [2.75, 3.05) is 6.54 Å². The van der Waals surface area contributed by atoms with Crippen LogP contribution in [0.15, 0.2) is 24.3 Å². The lowest BCUT2D eigenvalue weighted by molar-refractivity contribution is -0.117. The molecule has 1 atom stereocenters. The van der Waals surface area contributed by atoms with E-state index in [0.717, 1.165) is 0 Å². The Bertz CT molecular complexity index is 232. The number of amides is 1. The molecule has 2 N–H and O–H groups in total. The molecule has 0 saturated heterocycles. The number of allylic oxidation sites excluding steroid dienone is 3. The number of rotatable bonds is 6. The van der Waals surface area contributed by atoms with Crippen molar-refractivity contribution in [2.45, 2.75) is 33.3 Å². The highest BCUT2D eigenvalue weighted by Crippen LogP contribution is 2.02. The zero-order valence-corrected chi connectivity index (χ0v) is 9.73. The van der Waals surface area contributed by atoms with E-state index in [4.69, 9.17) is 0 Å². The molecule has 0 aromatic rings. The first kappa shape index (κ1) is 13.9. The van der Waals surface area contributed by atoms with Gasteiger partial charge in [-0.3, -0.25) is 4.79 Å². The molecule has 0 rings (SSSR count). The number of aliphatic hydroxyl groups excluding tert-OH is 1. The van der Waals surface area contributed by atoms with Crippen molar-refractivity contribution < 1.29 is 9.90 Å². The van der Waals surface area contributed by atoms with E-state index in [1.807, 2.05) is 26.8 Å². The number of hydrogen-bond acceptors (Lipinski definition) is 2. The number of carbonyl (C=O) groups excluding carboxylic acids is 1. The Labute approximate surface area is 91.9 Å². The molecule has 3 heteroatoms. The molecule has 0 fully saturated rings. The predicted molar refractivity (Wildman–Crippen MR) is 62.4 cm³/mol. The zero-order valence-electron chi connectivity index (χ0n) is 9.73. The second-order valence-electron chi connectivity index (χ2n) is 3.91. The van der Waals surface area contributed by atoms with Gasteiger partial charge in [0, 0.05) is 12.6 Å². The van der Waals surface area contributed by atoms with E-state index in [1.165, 1.54) is 6.08 Å². The molecule has 0 saturated carbocycles. The number of hydrogen-bond donors (Lipinski definition) is 2.